The van der Waals surface area contributed by atoms with Gasteiger partial charge in [0.1, 0.15) is 29.1 Å². The first-order chi connectivity index (χ1) is 17.1. The number of hydrogen-bond acceptors (Lipinski definition) is 5. The Kier molecular flexibility index (Phi) is 5.22. The van der Waals surface area contributed by atoms with Crippen molar-refractivity contribution in [2.24, 2.45) is 9.98 Å². The molecule has 2 atom stereocenters. The first-order valence-corrected chi connectivity index (χ1v) is 11.2. The lowest BCUT2D eigenvalue weighted by Gasteiger charge is -2.22. The summed E-state index contributed by atoms with van der Waals surface area (Å²) in [6, 6.07) is 27.9. The van der Waals surface area contributed by atoms with Crippen LogP contribution in [0.1, 0.15) is 34.6 Å². The number of para-hydroxylation sites is 2. The fourth-order valence-corrected chi connectivity index (χ4v) is 4.09. The molecule has 2 aliphatic rings. The standard InChI is InChI=1S/C28H20F2N4O/c29-21-13-9-18(10-14-21)26-32-25(33-27(34-26)19-11-15-22(30)16-12-19)17-5-7-20(8-6-17)28-31-23-3-1-2-4-24(23)35-28/h1-16,26,28,31H,(H,32,33,34). The Morgan fingerprint density at radius 1 is 0.629 bits per heavy atom. The van der Waals surface area contributed by atoms with E-state index in [9.17, 15) is 8.78 Å². The van der Waals surface area contributed by atoms with Crippen LogP contribution in [-0.2, 0) is 0 Å². The Balaban J connectivity index is 1.30. The van der Waals surface area contributed by atoms with Crippen LogP contribution in [0.3, 0.4) is 0 Å². The summed E-state index contributed by atoms with van der Waals surface area (Å²) in [6.45, 7) is 0. The minimum absolute atomic E-state index is 0.272. The molecule has 0 spiro atoms. The third-order valence-corrected chi connectivity index (χ3v) is 5.93. The highest BCUT2D eigenvalue weighted by Crippen LogP contribution is 2.37. The maximum Gasteiger partial charge on any atom is 0.196 e. The molecular formula is C28H20F2N4O. The summed E-state index contributed by atoms with van der Waals surface area (Å²) in [6.07, 6.45) is -0.841. The number of fused-ring (bicyclic) bond motifs is 1. The molecule has 172 valence electrons. The second-order valence-electron chi connectivity index (χ2n) is 8.27. The fraction of sp³-hybridized carbons (Fsp3) is 0.0714. The van der Waals surface area contributed by atoms with Crippen LogP contribution in [0.2, 0.25) is 0 Å². The van der Waals surface area contributed by atoms with Gasteiger partial charge < -0.3 is 15.4 Å². The van der Waals surface area contributed by atoms with E-state index >= 15 is 0 Å². The summed E-state index contributed by atoms with van der Waals surface area (Å²) in [5, 5.41) is 6.64. The van der Waals surface area contributed by atoms with E-state index in [-0.39, 0.29) is 17.9 Å². The van der Waals surface area contributed by atoms with Gasteiger partial charge in [-0.3, -0.25) is 0 Å². The minimum atomic E-state index is -0.569. The Labute approximate surface area is 200 Å². The lowest BCUT2D eigenvalue weighted by molar-refractivity contribution is 0.260. The van der Waals surface area contributed by atoms with Crippen molar-refractivity contribution >= 4 is 17.4 Å². The maximum absolute atomic E-state index is 13.5. The number of halogens is 2. The molecule has 0 amide bonds. The van der Waals surface area contributed by atoms with Crippen molar-refractivity contribution in [3.05, 3.63) is 131 Å². The summed E-state index contributed by atoms with van der Waals surface area (Å²) in [7, 11) is 0. The van der Waals surface area contributed by atoms with E-state index in [4.69, 9.17) is 14.7 Å². The van der Waals surface area contributed by atoms with E-state index in [1.807, 2.05) is 48.5 Å². The van der Waals surface area contributed by atoms with Crippen molar-refractivity contribution in [3.63, 3.8) is 0 Å². The van der Waals surface area contributed by atoms with Crippen molar-refractivity contribution in [1.82, 2.24) is 5.32 Å². The van der Waals surface area contributed by atoms with Crippen LogP contribution >= 0.6 is 0 Å². The predicted octanol–water partition coefficient (Wildman–Crippen LogP) is 5.96. The fourth-order valence-electron chi connectivity index (χ4n) is 4.09. The summed E-state index contributed by atoms with van der Waals surface area (Å²) in [4.78, 5) is 9.48. The topological polar surface area (TPSA) is 58.0 Å². The van der Waals surface area contributed by atoms with Crippen molar-refractivity contribution in [2.45, 2.75) is 12.4 Å². The highest BCUT2D eigenvalue weighted by Gasteiger charge is 2.24. The Hall–Kier alpha value is -4.52. The van der Waals surface area contributed by atoms with E-state index in [1.165, 1.54) is 24.3 Å². The smallest absolute Gasteiger partial charge is 0.196 e. The predicted molar refractivity (Wildman–Crippen MR) is 132 cm³/mol. The molecule has 0 aromatic heterocycles. The van der Waals surface area contributed by atoms with Gasteiger partial charge in [-0.2, -0.15) is 0 Å². The number of ether oxygens (including phenoxy) is 1. The molecule has 2 N–H and O–H groups in total. The monoisotopic (exact) mass is 466 g/mol. The van der Waals surface area contributed by atoms with Crippen molar-refractivity contribution < 1.29 is 13.5 Å². The molecule has 0 radical (unpaired) electrons. The molecule has 4 aromatic rings. The van der Waals surface area contributed by atoms with Crippen LogP contribution in [0.5, 0.6) is 5.75 Å². The number of rotatable bonds is 4. The quantitative estimate of drug-likeness (QED) is 0.390. The molecule has 2 aliphatic heterocycles. The zero-order valence-corrected chi connectivity index (χ0v) is 18.5. The van der Waals surface area contributed by atoms with E-state index < -0.39 is 6.17 Å². The first-order valence-electron chi connectivity index (χ1n) is 11.2. The van der Waals surface area contributed by atoms with Gasteiger partial charge >= 0.3 is 0 Å². The normalized spacial score (nSPS) is 18.5. The average molecular weight is 466 g/mol. The van der Waals surface area contributed by atoms with Crippen molar-refractivity contribution in [3.8, 4) is 5.75 Å². The molecule has 2 unspecified atom stereocenters. The van der Waals surface area contributed by atoms with E-state index in [2.05, 4.69) is 10.6 Å². The number of amidine groups is 2. The van der Waals surface area contributed by atoms with Gasteiger partial charge in [-0.1, -0.05) is 48.5 Å². The van der Waals surface area contributed by atoms with Gasteiger partial charge in [0.05, 0.1) is 5.69 Å². The van der Waals surface area contributed by atoms with E-state index in [1.54, 1.807) is 24.3 Å². The molecule has 6 rings (SSSR count). The van der Waals surface area contributed by atoms with Crippen molar-refractivity contribution in [1.29, 1.82) is 0 Å². The Morgan fingerprint density at radius 2 is 1.17 bits per heavy atom. The molecule has 0 saturated carbocycles. The number of aliphatic imine (C=N–C) groups is 2. The third kappa shape index (κ3) is 4.24. The lowest BCUT2D eigenvalue weighted by atomic mass is 10.1. The first kappa shape index (κ1) is 21.0. The van der Waals surface area contributed by atoms with Gasteiger partial charge in [0.25, 0.3) is 0 Å². The Bertz CT molecular complexity index is 1410. The summed E-state index contributed by atoms with van der Waals surface area (Å²) >= 11 is 0. The van der Waals surface area contributed by atoms with Crippen LogP contribution in [0.25, 0.3) is 0 Å². The number of hydrogen-bond donors (Lipinski definition) is 2. The second-order valence-corrected chi connectivity index (χ2v) is 8.27. The van der Waals surface area contributed by atoms with Crippen molar-refractivity contribution in [2.75, 3.05) is 5.32 Å². The van der Waals surface area contributed by atoms with Gasteiger partial charge in [-0.25, -0.2) is 18.8 Å². The second kappa shape index (κ2) is 8.68. The van der Waals surface area contributed by atoms with Crippen LogP contribution < -0.4 is 15.4 Å². The highest BCUT2D eigenvalue weighted by atomic mass is 19.1. The van der Waals surface area contributed by atoms with Gasteiger partial charge in [0.2, 0.25) is 0 Å². The molecule has 7 heteroatoms. The van der Waals surface area contributed by atoms with Crippen LogP contribution in [0, 0.1) is 11.6 Å². The molecule has 5 nitrogen and oxygen atoms in total. The van der Waals surface area contributed by atoms with Crippen LogP contribution in [0.15, 0.2) is 107 Å². The maximum atomic E-state index is 13.5. The number of anilines is 1. The molecular weight excluding hydrogens is 446 g/mol. The van der Waals surface area contributed by atoms with Gasteiger partial charge in [0.15, 0.2) is 12.4 Å². The molecule has 4 aromatic carbocycles. The zero-order chi connectivity index (χ0) is 23.8. The summed E-state index contributed by atoms with van der Waals surface area (Å²) in [5.74, 6) is 1.35. The summed E-state index contributed by atoms with van der Waals surface area (Å²) in [5.41, 5.74) is 4.27. The SMILES string of the molecule is Fc1ccc(C2=NC(c3ccc(F)cc3)N=C(c3ccc(C4Nc5ccccc5O4)cc3)N2)cc1. The van der Waals surface area contributed by atoms with Gasteiger partial charge in [-0.15, -0.1) is 0 Å². The largest absolute Gasteiger partial charge is 0.464 e. The lowest BCUT2D eigenvalue weighted by Crippen LogP contribution is -2.36. The molecule has 0 saturated heterocycles. The van der Waals surface area contributed by atoms with Gasteiger partial charge in [0, 0.05) is 16.7 Å². The Morgan fingerprint density at radius 3 is 1.80 bits per heavy atom. The summed E-state index contributed by atoms with van der Waals surface area (Å²) < 4.78 is 33.0. The van der Waals surface area contributed by atoms with E-state index in [0.717, 1.165) is 33.7 Å². The highest BCUT2D eigenvalue weighted by molar-refractivity contribution is 6.15. The molecule has 0 fully saturated rings. The molecule has 2 heterocycles. The molecule has 35 heavy (non-hydrogen) atoms. The van der Waals surface area contributed by atoms with Gasteiger partial charge in [-0.05, 0) is 54.1 Å². The zero-order valence-electron chi connectivity index (χ0n) is 18.5. The molecule has 0 aliphatic carbocycles. The number of nitrogens with one attached hydrogen (secondary N) is 2. The number of nitrogens with zero attached hydrogens (tertiary/aromatic N) is 2. The minimum Gasteiger partial charge on any atom is -0.464 e. The number of benzene rings is 4. The van der Waals surface area contributed by atoms with Crippen LogP contribution in [-0.4, -0.2) is 11.7 Å². The third-order valence-electron chi connectivity index (χ3n) is 5.93. The molecule has 0 bridgehead atoms. The van der Waals surface area contributed by atoms with Crippen LogP contribution in [0.4, 0.5) is 14.5 Å². The average Bonchev–Trinajstić information content (AvgIpc) is 3.34. The van der Waals surface area contributed by atoms with E-state index in [0.29, 0.717) is 11.7 Å².